The van der Waals surface area contributed by atoms with Crippen molar-refractivity contribution in [2.24, 2.45) is 11.5 Å². The minimum atomic E-state index is -1.48. The Hall–Kier alpha value is -7.72. The van der Waals surface area contributed by atoms with Gasteiger partial charge >= 0.3 is 24.0 Å². The number of amides is 10. The van der Waals surface area contributed by atoms with Gasteiger partial charge in [-0.3, -0.25) is 38.6 Å². The van der Waals surface area contributed by atoms with Crippen LogP contribution in [0.15, 0.2) is 109 Å². The SMILES string of the molecule is CC1(C)S[C@@H]2[C@H](N(C(=O)c3ccc(CCc4ccc(C(=O)N(C(=O)C(NC(N)=O)c5ccccc5)[C@@H]5C(=O)N6[C@@H]5SC(C)(C)[C@@H]6C(=O)O)cc4)cc3)C(=O)C(NC(N)=O)c3ccccc3)C(=O)N2[C@H]1C(=O)O. The number of thioether (sulfide) groups is 2. The quantitative estimate of drug-likeness (QED) is 0.0933. The number of aryl methyl sites for hydroxylation is 2. The summed E-state index contributed by atoms with van der Waals surface area (Å²) in [6.07, 6.45) is 0.828. The molecule has 0 aliphatic carbocycles. The molecule has 4 heterocycles. The van der Waals surface area contributed by atoms with E-state index in [1.54, 1.807) is 113 Å². The molecule has 2 unspecified atom stereocenters. The van der Waals surface area contributed by atoms with Crippen molar-refractivity contribution in [3.05, 3.63) is 143 Å². The zero-order chi connectivity index (χ0) is 52.1. The second-order valence-corrected chi connectivity index (χ2v) is 22.3. The Labute approximate surface area is 420 Å². The van der Waals surface area contributed by atoms with Gasteiger partial charge in [0.05, 0.1) is 0 Å². The number of imide groups is 2. The zero-order valence-electron chi connectivity index (χ0n) is 39.2. The Kier molecular flexibility index (Phi) is 13.7. The molecule has 72 heavy (non-hydrogen) atoms. The van der Waals surface area contributed by atoms with E-state index in [0.29, 0.717) is 12.8 Å². The first-order valence-corrected chi connectivity index (χ1v) is 24.4. The molecule has 4 aliphatic rings. The third kappa shape index (κ3) is 9.22. The highest BCUT2D eigenvalue weighted by atomic mass is 32.2. The predicted octanol–water partition coefficient (Wildman–Crippen LogP) is 3.26. The first kappa shape index (κ1) is 50.7. The largest absolute Gasteiger partial charge is 0.480 e. The summed E-state index contributed by atoms with van der Waals surface area (Å²) in [6, 6.07) is 18.3. The molecule has 4 fully saturated rings. The fraction of sp³-hybridized carbons (Fsp3) is 0.320. The maximum absolute atomic E-state index is 14.5. The first-order chi connectivity index (χ1) is 34.0. The van der Waals surface area contributed by atoms with Gasteiger partial charge in [-0.15, -0.1) is 23.5 Å². The number of nitrogens with zero attached hydrogens (tertiary/aromatic N) is 4. The number of hydrogen-bond acceptors (Lipinski definition) is 12. The lowest BCUT2D eigenvalue weighted by atomic mass is 9.93. The Bertz CT molecular complexity index is 2690. The molecule has 0 saturated carbocycles. The van der Waals surface area contributed by atoms with Crippen molar-refractivity contribution < 1.29 is 58.2 Å². The molecule has 8 atom stereocenters. The van der Waals surface area contributed by atoms with Crippen molar-refractivity contribution in [3.63, 3.8) is 0 Å². The Morgan fingerprint density at radius 3 is 1.17 bits per heavy atom. The number of nitrogens with two attached hydrogens (primary N) is 2. The number of urea groups is 2. The first-order valence-electron chi connectivity index (χ1n) is 22.6. The van der Waals surface area contributed by atoms with Crippen molar-refractivity contribution in [2.45, 2.75) is 97.0 Å². The standard InChI is InChI=1S/C50H50N8O12S2/c1-49(2)35(45(65)66)57-41(63)33(43(57)71-49)55(39(61)31(53-47(51)69)27-11-7-5-8-12-27)37(59)29-21-17-25(18-22-29)15-16-26-19-23-30(24-20-26)38(60)56(40(62)32(54-48(52)70)28-13-9-6-10-14-28)34-42(64)58-36(46(67)68)50(3,4)72-44(34)58/h5-14,17-24,31-36,43-44H,15-16H2,1-4H3,(H,65,66)(H,67,68)(H3,51,53,69)(H3,52,54,70)/t31?,32?,33-,34-,35+,36+,43-,44-/m1/s1. The van der Waals surface area contributed by atoms with E-state index in [1.807, 2.05) is 0 Å². The molecule has 0 radical (unpaired) electrons. The van der Waals surface area contributed by atoms with Crippen LogP contribution < -0.4 is 22.1 Å². The van der Waals surface area contributed by atoms with Gasteiger partial charge in [-0.1, -0.05) is 84.9 Å². The van der Waals surface area contributed by atoms with Crippen molar-refractivity contribution in [1.82, 2.24) is 30.2 Å². The number of β-lactam (4-membered cyclic amide) rings is 2. The fourth-order valence-electron chi connectivity index (χ4n) is 9.81. The molecule has 4 saturated heterocycles. The van der Waals surface area contributed by atoms with Crippen LogP contribution in [-0.4, -0.2) is 134 Å². The lowest BCUT2D eigenvalue weighted by Gasteiger charge is -2.48. The van der Waals surface area contributed by atoms with E-state index in [-0.39, 0.29) is 22.3 Å². The van der Waals surface area contributed by atoms with Crippen molar-refractivity contribution >= 4 is 83.0 Å². The van der Waals surface area contributed by atoms with Gasteiger partial charge in [0.25, 0.3) is 35.4 Å². The molecular formula is C50H50N8O12S2. The molecule has 0 spiro atoms. The van der Waals surface area contributed by atoms with Gasteiger partial charge < -0.3 is 42.1 Å². The van der Waals surface area contributed by atoms with E-state index in [9.17, 15) is 58.2 Å². The van der Waals surface area contributed by atoms with Crippen molar-refractivity contribution in [1.29, 1.82) is 0 Å². The van der Waals surface area contributed by atoms with Gasteiger partial charge in [-0.25, -0.2) is 19.2 Å². The van der Waals surface area contributed by atoms with Crippen LogP contribution in [0.2, 0.25) is 0 Å². The number of fused-ring (bicyclic) bond motifs is 2. The van der Waals surface area contributed by atoms with Crippen LogP contribution in [0.3, 0.4) is 0 Å². The van der Waals surface area contributed by atoms with Crippen molar-refractivity contribution in [3.8, 4) is 0 Å². The van der Waals surface area contributed by atoms with Gasteiger partial charge in [0.15, 0.2) is 0 Å². The highest BCUT2D eigenvalue weighted by Crippen LogP contribution is 2.54. The van der Waals surface area contributed by atoms with Gasteiger partial charge in [0.1, 0.15) is 47.0 Å². The zero-order valence-corrected chi connectivity index (χ0v) is 40.8. The van der Waals surface area contributed by atoms with Crippen LogP contribution in [0.1, 0.15) is 82.7 Å². The molecule has 4 aliphatic heterocycles. The Morgan fingerprint density at radius 2 is 0.875 bits per heavy atom. The number of carbonyl (C=O) groups is 10. The smallest absolute Gasteiger partial charge is 0.327 e. The van der Waals surface area contributed by atoms with E-state index >= 15 is 0 Å². The summed E-state index contributed by atoms with van der Waals surface area (Å²) in [5, 5.41) is 23.1. The molecule has 4 aromatic carbocycles. The van der Waals surface area contributed by atoms with E-state index in [2.05, 4.69) is 10.6 Å². The molecule has 22 heteroatoms. The molecule has 374 valence electrons. The monoisotopic (exact) mass is 1020 g/mol. The average Bonchev–Trinajstić information content (AvgIpc) is 3.75. The second kappa shape index (κ2) is 19.5. The van der Waals surface area contributed by atoms with Crippen LogP contribution in [0, 0.1) is 0 Å². The number of benzene rings is 4. The Balaban J connectivity index is 1.02. The highest BCUT2D eigenvalue weighted by molar-refractivity contribution is 8.02. The third-order valence-corrected chi connectivity index (χ3v) is 16.3. The number of primary amides is 2. The number of nitrogens with one attached hydrogen (secondary N) is 2. The number of hydrogen-bond donors (Lipinski definition) is 6. The molecule has 20 nitrogen and oxygen atoms in total. The van der Waals surface area contributed by atoms with E-state index in [1.165, 1.54) is 24.3 Å². The van der Waals surface area contributed by atoms with E-state index in [4.69, 9.17) is 11.5 Å². The van der Waals surface area contributed by atoms with E-state index < -0.39 is 116 Å². The second-order valence-electron chi connectivity index (χ2n) is 18.7. The molecule has 8 N–H and O–H groups in total. The van der Waals surface area contributed by atoms with Crippen molar-refractivity contribution in [2.75, 3.05) is 0 Å². The summed E-state index contributed by atoms with van der Waals surface area (Å²) < 4.78 is -1.95. The summed E-state index contributed by atoms with van der Waals surface area (Å²) in [7, 11) is 0. The molecule has 10 amide bonds. The summed E-state index contributed by atoms with van der Waals surface area (Å²) in [5.41, 5.74) is 13.1. The maximum atomic E-state index is 14.5. The number of aliphatic carboxylic acids is 2. The average molecular weight is 1020 g/mol. The van der Waals surface area contributed by atoms with Gasteiger partial charge in [-0.05, 0) is 87.1 Å². The Morgan fingerprint density at radius 1 is 0.556 bits per heavy atom. The normalized spacial score (nSPS) is 22.9. The van der Waals surface area contributed by atoms with Crippen LogP contribution in [0.5, 0.6) is 0 Å². The molecule has 4 aromatic rings. The topological polar surface area (TPSA) is 300 Å². The number of rotatable bonds is 15. The van der Waals surface area contributed by atoms with E-state index in [0.717, 1.165) is 54.3 Å². The summed E-state index contributed by atoms with van der Waals surface area (Å²) in [5.74, 6) is -7.60. The summed E-state index contributed by atoms with van der Waals surface area (Å²) >= 11 is 2.29. The van der Waals surface area contributed by atoms with Gasteiger partial charge in [0.2, 0.25) is 0 Å². The maximum Gasteiger partial charge on any atom is 0.327 e. The van der Waals surface area contributed by atoms with Crippen LogP contribution >= 0.6 is 23.5 Å². The summed E-state index contributed by atoms with van der Waals surface area (Å²) in [4.78, 5) is 139. The van der Waals surface area contributed by atoms with Crippen LogP contribution in [0.25, 0.3) is 0 Å². The third-order valence-electron chi connectivity index (χ3n) is 13.2. The molecule has 0 aromatic heterocycles. The minimum Gasteiger partial charge on any atom is -0.480 e. The van der Waals surface area contributed by atoms with Gasteiger partial charge in [-0.2, -0.15) is 0 Å². The predicted molar refractivity (Wildman–Crippen MR) is 261 cm³/mol. The lowest BCUT2D eigenvalue weighted by Crippen LogP contribution is -2.72. The highest BCUT2D eigenvalue weighted by Gasteiger charge is 2.68. The van der Waals surface area contributed by atoms with Gasteiger partial charge in [0, 0.05) is 20.6 Å². The lowest BCUT2D eigenvalue weighted by molar-refractivity contribution is -0.166. The molecule has 0 bridgehead atoms. The number of carboxylic acids is 2. The van der Waals surface area contributed by atoms with Crippen LogP contribution in [0.4, 0.5) is 9.59 Å². The number of carboxylic acid groups (broad SMARTS) is 2. The molecular weight excluding hydrogens is 969 g/mol. The fourth-order valence-corrected chi connectivity index (χ4v) is 13.2. The van der Waals surface area contributed by atoms with Crippen LogP contribution in [-0.2, 0) is 41.6 Å². The number of carbonyl (C=O) groups excluding carboxylic acids is 8. The summed E-state index contributed by atoms with van der Waals surface area (Å²) in [6.45, 7) is 6.65. The molecule has 8 rings (SSSR count). The minimum absolute atomic E-state index is 0.0230.